The fourth-order valence-electron chi connectivity index (χ4n) is 4.29. The second-order valence-electron chi connectivity index (χ2n) is 7.34. The predicted octanol–water partition coefficient (Wildman–Crippen LogP) is 1.60. The van der Waals surface area contributed by atoms with E-state index in [-0.39, 0.29) is 24.1 Å². The molecule has 0 spiro atoms. The SMILES string of the molecule is CN(C)C(=O)[C@H]1CC[C@@H](CNC(=O)N2CC[C@H]3CCCC[C@H]32)O1. The average molecular weight is 323 g/mol. The number of carbonyl (C=O) groups is 2. The molecule has 0 aromatic carbocycles. The summed E-state index contributed by atoms with van der Waals surface area (Å²) >= 11 is 0. The van der Waals surface area contributed by atoms with Gasteiger partial charge in [0.05, 0.1) is 6.10 Å². The number of likely N-dealkylation sites (tertiary alicyclic amines) is 1. The van der Waals surface area contributed by atoms with Gasteiger partial charge in [-0.25, -0.2) is 4.79 Å². The average Bonchev–Trinajstić information content (AvgIpc) is 3.18. The van der Waals surface area contributed by atoms with Crippen molar-refractivity contribution in [2.24, 2.45) is 5.92 Å². The zero-order valence-electron chi connectivity index (χ0n) is 14.3. The van der Waals surface area contributed by atoms with Crippen molar-refractivity contribution in [3.63, 3.8) is 0 Å². The molecular formula is C17H29N3O3. The number of hydrogen-bond donors (Lipinski definition) is 1. The number of carbonyl (C=O) groups excluding carboxylic acids is 2. The van der Waals surface area contributed by atoms with Crippen LogP contribution in [-0.2, 0) is 9.53 Å². The van der Waals surface area contributed by atoms with E-state index in [9.17, 15) is 9.59 Å². The van der Waals surface area contributed by atoms with Crippen LogP contribution in [0.1, 0.15) is 44.9 Å². The van der Waals surface area contributed by atoms with Crippen molar-refractivity contribution in [1.82, 2.24) is 15.1 Å². The zero-order chi connectivity index (χ0) is 16.4. The Bertz CT molecular complexity index is 454. The maximum absolute atomic E-state index is 12.5. The lowest BCUT2D eigenvalue weighted by Gasteiger charge is -2.31. The molecule has 0 bridgehead atoms. The smallest absolute Gasteiger partial charge is 0.317 e. The number of amides is 3. The van der Waals surface area contributed by atoms with Gasteiger partial charge in [-0.3, -0.25) is 4.79 Å². The normalized spacial score (nSPS) is 33.4. The molecule has 6 heteroatoms. The molecule has 23 heavy (non-hydrogen) atoms. The molecule has 1 saturated carbocycles. The standard InChI is InChI=1S/C17H29N3O3/c1-19(2)16(21)15-8-7-13(23-15)11-18-17(22)20-10-9-12-5-3-4-6-14(12)20/h12-15H,3-11H2,1-2H3,(H,18,22)/t12-,13+,14-,15-/m1/s1. The number of likely N-dealkylation sites (N-methyl/N-ethyl adjacent to an activating group) is 1. The number of rotatable bonds is 3. The first-order valence-electron chi connectivity index (χ1n) is 8.97. The molecule has 0 aromatic rings. The summed E-state index contributed by atoms with van der Waals surface area (Å²) in [6.07, 6.45) is 7.31. The van der Waals surface area contributed by atoms with Crippen molar-refractivity contribution < 1.29 is 14.3 Å². The molecule has 1 aliphatic carbocycles. The van der Waals surface area contributed by atoms with Crippen molar-refractivity contribution in [2.75, 3.05) is 27.2 Å². The highest BCUT2D eigenvalue weighted by molar-refractivity contribution is 5.80. The molecule has 4 atom stereocenters. The minimum atomic E-state index is -0.346. The van der Waals surface area contributed by atoms with E-state index in [0.717, 1.165) is 32.2 Å². The summed E-state index contributed by atoms with van der Waals surface area (Å²) in [5, 5.41) is 3.03. The van der Waals surface area contributed by atoms with E-state index >= 15 is 0 Å². The van der Waals surface area contributed by atoms with Gasteiger partial charge in [-0.05, 0) is 38.0 Å². The van der Waals surface area contributed by atoms with E-state index in [0.29, 0.717) is 18.5 Å². The Hall–Kier alpha value is -1.30. The lowest BCUT2D eigenvalue weighted by atomic mass is 9.85. The quantitative estimate of drug-likeness (QED) is 0.858. The molecule has 0 unspecified atom stereocenters. The van der Waals surface area contributed by atoms with Gasteiger partial charge >= 0.3 is 6.03 Å². The maximum atomic E-state index is 12.5. The van der Waals surface area contributed by atoms with Gasteiger partial charge in [-0.15, -0.1) is 0 Å². The minimum absolute atomic E-state index is 0.0171. The van der Waals surface area contributed by atoms with Gasteiger partial charge in [-0.1, -0.05) is 12.8 Å². The first-order valence-corrected chi connectivity index (χ1v) is 8.97. The van der Waals surface area contributed by atoms with Crippen LogP contribution in [0.4, 0.5) is 4.79 Å². The second kappa shape index (κ2) is 7.07. The topological polar surface area (TPSA) is 61.9 Å². The Morgan fingerprint density at radius 3 is 2.70 bits per heavy atom. The molecule has 3 rings (SSSR count). The van der Waals surface area contributed by atoms with Crippen LogP contribution in [-0.4, -0.2) is 67.2 Å². The summed E-state index contributed by atoms with van der Waals surface area (Å²) in [5.41, 5.74) is 0. The molecule has 0 aromatic heterocycles. The van der Waals surface area contributed by atoms with Crippen molar-refractivity contribution in [1.29, 1.82) is 0 Å². The number of urea groups is 1. The number of nitrogens with zero attached hydrogens (tertiary/aromatic N) is 2. The van der Waals surface area contributed by atoms with Crippen LogP contribution in [0.2, 0.25) is 0 Å². The monoisotopic (exact) mass is 323 g/mol. The van der Waals surface area contributed by atoms with Gasteiger partial charge < -0.3 is 19.9 Å². The van der Waals surface area contributed by atoms with E-state index in [1.54, 1.807) is 19.0 Å². The van der Waals surface area contributed by atoms with E-state index < -0.39 is 0 Å². The van der Waals surface area contributed by atoms with Crippen molar-refractivity contribution >= 4 is 11.9 Å². The first kappa shape index (κ1) is 16.6. The van der Waals surface area contributed by atoms with Crippen LogP contribution in [0.5, 0.6) is 0 Å². The molecular weight excluding hydrogens is 294 g/mol. The van der Waals surface area contributed by atoms with Crippen LogP contribution >= 0.6 is 0 Å². The van der Waals surface area contributed by atoms with Crippen molar-refractivity contribution in [2.45, 2.75) is 63.2 Å². The molecule has 3 fully saturated rings. The summed E-state index contributed by atoms with van der Waals surface area (Å²) < 4.78 is 5.78. The Morgan fingerprint density at radius 1 is 1.13 bits per heavy atom. The third-order valence-corrected chi connectivity index (χ3v) is 5.58. The first-order chi connectivity index (χ1) is 11.1. The van der Waals surface area contributed by atoms with Gasteiger partial charge in [0.1, 0.15) is 6.10 Å². The van der Waals surface area contributed by atoms with Crippen molar-refractivity contribution in [3.8, 4) is 0 Å². The van der Waals surface area contributed by atoms with E-state index in [1.165, 1.54) is 19.3 Å². The molecule has 0 radical (unpaired) electrons. The van der Waals surface area contributed by atoms with E-state index in [4.69, 9.17) is 4.74 Å². The van der Waals surface area contributed by atoms with E-state index in [2.05, 4.69) is 5.32 Å². The Morgan fingerprint density at radius 2 is 1.91 bits per heavy atom. The van der Waals surface area contributed by atoms with Crippen LogP contribution in [0.3, 0.4) is 0 Å². The summed E-state index contributed by atoms with van der Waals surface area (Å²) in [4.78, 5) is 28.0. The Labute approximate surface area is 138 Å². The van der Waals surface area contributed by atoms with Gasteiger partial charge in [-0.2, -0.15) is 0 Å². The van der Waals surface area contributed by atoms with Gasteiger partial charge in [0.25, 0.3) is 5.91 Å². The van der Waals surface area contributed by atoms with Gasteiger partial charge in [0.15, 0.2) is 0 Å². The number of fused-ring (bicyclic) bond motifs is 1. The van der Waals surface area contributed by atoms with E-state index in [1.807, 2.05) is 4.90 Å². The number of nitrogens with one attached hydrogen (secondary N) is 1. The maximum Gasteiger partial charge on any atom is 0.317 e. The number of hydrogen-bond acceptors (Lipinski definition) is 3. The lowest BCUT2D eigenvalue weighted by Crippen LogP contribution is -2.47. The zero-order valence-corrected chi connectivity index (χ0v) is 14.3. The summed E-state index contributed by atoms with van der Waals surface area (Å²) in [5.74, 6) is 0.725. The molecule has 1 N–H and O–H groups in total. The molecule has 2 saturated heterocycles. The van der Waals surface area contributed by atoms with Gasteiger partial charge in [0.2, 0.25) is 0 Å². The fraction of sp³-hybridized carbons (Fsp3) is 0.882. The second-order valence-corrected chi connectivity index (χ2v) is 7.34. The summed E-state index contributed by atoms with van der Waals surface area (Å²) in [7, 11) is 3.49. The predicted molar refractivity (Wildman–Crippen MR) is 87.1 cm³/mol. The molecule has 3 amide bonds. The fourth-order valence-corrected chi connectivity index (χ4v) is 4.29. The highest BCUT2D eigenvalue weighted by Gasteiger charge is 2.38. The highest BCUT2D eigenvalue weighted by atomic mass is 16.5. The number of ether oxygens (including phenoxy) is 1. The van der Waals surface area contributed by atoms with Crippen molar-refractivity contribution in [3.05, 3.63) is 0 Å². The largest absolute Gasteiger partial charge is 0.363 e. The lowest BCUT2D eigenvalue weighted by molar-refractivity contribution is -0.140. The highest BCUT2D eigenvalue weighted by Crippen LogP contribution is 2.36. The molecule has 2 aliphatic heterocycles. The third kappa shape index (κ3) is 3.62. The summed E-state index contributed by atoms with van der Waals surface area (Å²) in [6, 6.07) is 0.488. The Kier molecular flexibility index (Phi) is 5.09. The van der Waals surface area contributed by atoms with Crippen LogP contribution in [0.25, 0.3) is 0 Å². The van der Waals surface area contributed by atoms with Gasteiger partial charge in [0, 0.05) is 33.2 Å². The molecule has 6 nitrogen and oxygen atoms in total. The Balaban J connectivity index is 1.44. The van der Waals surface area contributed by atoms with Crippen LogP contribution in [0.15, 0.2) is 0 Å². The molecule has 130 valence electrons. The van der Waals surface area contributed by atoms with Crippen LogP contribution in [0, 0.1) is 5.92 Å². The molecule has 3 aliphatic rings. The summed E-state index contributed by atoms with van der Waals surface area (Å²) in [6.45, 7) is 1.39. The minimum Gasteiger partial charge on any atom is -0.363 e. The third-order valence-electron chi connectivity index (χ3n) is 5.58. The molecule has 2 heterocycles. The van der Waals surface area contributed by atoms with Crippen LogP contribution < -0.4 is 5.32 Å².